The minimum absolute atomic E-state index is 0.0403. The summed E-state index contributed by atoms with van der Waals surface area (Å²) >= 11 is 0. The van der Waals surface area contributed by atoms with E-state index >= 15 is 0 Å². The lowest BCUT2D eigenvalue weighted by Gasteiger charge is -2.40. The van der Waals surface area contributed by atoms with Crippen molar-refractivity contribution in [3.8, 4) is 0 Å². The van der Waals surface area contributed by atoms with Crippen molar-refractivity contribution in [2.45, 2.75) is 37.9 Å². The fourth-order valence-electron chi connectivity index (χ4n) is 3.65. The Kier molecular flexibility index (Phi) is 5.44. The van der Waals surface area contributed by atoms with E-state index in [1.165, 1.54) is 0 Å². The lowest BCUT2D eigenvalue weighted by atomic mass is 9.86. The fraction of sp³-hybridized carbons (Fsp3) is 0.381. The number of nitrogens with one attached hydrogen (secondary N) is 1. The van der Waals surface area contributed by atoms with Crippen LogP contribution in [0.25, 0.3) is 0 Å². The molecule has 144 valence electrons. The molecule has 2 aromatic carbocycles. The number of carbonyl (C=O) groups excluding carboxylic acids is 1. The molecular formula is C21H23F3N2O. The second-order valence-corrected chi connectivity index (χ2v) is 7.01. The molecule has 1 fully saturated rings. The van der Waals surface area contributed by atoms with E-state index in [4.69, 9.17) is 0 Å². The predicted octanol–water partition coefficient (Wildman–Crippen LogP) is 4.51. The van der Waals surface area contributed by atoms with Crippen LogP contribution in [0.1, 0.15) is 35.4 Å². The standard InChI is InChI=1S/C21H23F3N2O/c1-14-3-10-18(11-4-14)26-13-16(7-12-19(26)20(27)25-2)15-5-8-17(9-6-15)21(22,23)24/h3-6,8-11,16,19H,7,12-13H2,1-2H3,(H,25,27)/t16?,19-/m0/s1. The van der Waals surface area contributed by atoms with E-state index in [1.807, 2.05) is 31.2 Å². The lowest BCUT2D eigenvalue weighted by Crippen LogP contribution is -2.50. The average molecular weight is 376 g/mol. The molecule has 1 saturated heterocycles. The molecule has 3 nitrogen and oxygen atoms in total. The van der Waals surface area contributed by atoms with Crippen LogP contribution in [0.3, 0.4) is 0 Å². The highest BCUT2D eigenvalue weighted by molar-refractivity contribution is 5.85. The van der Waals surface area contributed by atoms with Gasteiger partial charge in [0.25, 0.3) is 0 Å². The van der Waals surface area contributed by atoms with Gasteiger partial charge in [0.2, 0.25) is 5.91 Å². The normalized spacial score (nSPS) is 20.4. The van der Waals surface area contributed by atoms with Gasteiger partial charge in [-0.25, -0.2) is 0 Å². The summed E-state index contributed by atoms with van der Waals surface area (Å²) in [5.74, 6) is 0.0379. The number of hydrogen-bond acceptors (Lipinski definition) is 2. The highest BCUT2D eigenvalue weighted by Gasteiger charge is 2.34. The number of anilines is 1. The van der Waals surface area contributed by atoms with Gasteiger partial charge >= 0.3 is 6.18 Å². The van der Waals surface area contributed by atoms with Crippen molar-refractivity contribution in [2.24, 2.45) is 0 Å². The molecule has 27 heavy (non-hydrogen) atoms. The van der Waals surface area contributed by atoms with Gasteiger partial charge in [0.15, 0.2) is 0 Å². The highest BCUT2D eigenvalue weighted by Crippen LogP contribution is 2.35. The molecule has 2 atom stereocenters. The molecule has 0 saturated carbocycles. The molecule has 1 aliphatic rings. The van der Waals surface area contributed by atoms with Crippen molar-refractivity contribution in [1.82, 2.24) is 5.32 Å². The molecule has 1 heterocycles. The quantitative estimate of drug-likeness (QED) is 0.855. The van der Waals surface area contributed by atoms with E-state index in [-0.39, 0.29) is 17.9 Å². The number of aryl methyl sites for hydroxylation is 1. The zero-order valence-electron chi connectivity index (χ0n) is 15.4. The lowest BCUT2D eigenvalue weighted by molar-refractivity contribution is -0.137. The number of rotatable bonds is 3. The molecule has 0 bridgehead atoms. The number of carbonyl (C=O) groups is 1. The predicted molar refractivity (Wildman–Crippen MR) is 99.8 cm³/mol. The smallest absolute Gasteiger partial charge is 0.359 e. The minimum atomic E-state index is -4.33. The van der Waals surface area contributed by atoms with E-state index in [2.05, 4.69) is 10.2 Å². The summed E-state index contributed by atoms with van der Waals surface area (Å²) in [6.45, 7) is 2.59. The van der Waals surface area contributed by atoms with Crippen LogP contribution < -0.4 is 10.2 Å². The van der Waals surface area contributed by atoms with E-state index in [1.54, 1.807) is 19.2 Å². The number of likely N-dealkylation sites (N-methyl/N-ethyl adjacent to an activating group) is 1. The van der Waals surface area contributed by atoms with Crippen molar-refractivity contribution >= 4 is 11.6 Å². The number of benzene rings is 2. The molecule has 1 N–H and O–H groups in total. The van der Waals surface area contributed by atoms with E-state index < -0.39 is 11.7 Å². The number of hydrogen-bond donors (Lipinski definition) is 1. The van der Waals surface area contributed by atoms with Gasteiger partial charge in [0, 0.05) is 25.2 Å². The summed E-state index contributed by atoms with van der Waals surface area (Å²) < 4.78 is 38.4. The van der Waals surface area contributed by atoms with Crippen LogP contribution in [-0.4, -0.2) is 25.5 Å². The van der Waals surface area contributed by atoms with Crippen LogP contribution >= 0.6 is 0 Å². The number of alkyl halides is 3. The maximum Gasteiger partial charge on any atom is 0.416 e. The molecule has 2 aromatic rings. The Morgan fingerprint density at radius 1 is 1.04 bits per heavy atom. The molecule has 0 aromatic heterocycles. The topological polar surface area (TPSA) is 32.3 Å². The van der Waals surface area contributed by atoms with Crippen molar-refractivity contribution in [3.63, 3.8) is 0 Å². The first-order valence-corrected chi connectivity index (χ1v) is 9.01. The monoisotopic (exact) mass is 376 g/mol. The summed E-state index contributed by atoms with van der Waals surface area (Å²) in [5.41, 5.74) is 2.31. The Balaban J connectivity index is 1.85. The first kappa shape index (κ1) is 19.3. The van der Waals surface area contributed by atoms with Gasteiger partial charge in [-0.2, -0.15) is 13.2 Å². The summed E-state index contributed by atoms with van der Waals surface area (Å²) in [5, 5.41) is 2.72. The Bertz CT molecular complexity index is 785. The Labute approximate surface area is 157 Å². The third kappa shape index (κ3) is 4.26. The summed E-state index contributed by atoms with van der Waals surface area (Å²) in [7, 11) is 1.62. The summed E-state index contributed by atoms with van der Waals surface area (Å²) in [6, 6.07) is 13.1. The SMILES string of the molecule is CNC(=O)[C@@H]1CCC(c2ccc(C(F)(F)F)cc2)CN1c1ccc(C)cc1. The molecular weight excluding hydrogens is 353 g/mol. The Morgan fingerprint density at radius 3 is 2.22 bits per heavy atom. The minimum Gasteiger partial charge on any atom is -0.359 e. The summed E-state index contributed by atoms with van der Waals surface area (Å²) in [6.07, 6.45) is -2.92. The molecule has 1 unspecified atom stereocenters. The van der Waals surface area contributed by atoms with Gasteiger partial charge in [0.1, 0.15) is 6.04 Å². The molecule has 6 heteroatoms. The van der Waals surface area contributed by atoms with E-state index in [0.29, 0.717) is 13.0 Å². The van der Waals surface area contributed by atoms with Gasteiger partial charge < -0.3 is 10.2 Å². The van der Waals surface area contributed by atoms with E-state index in [0.717, 1.165) is 35.4 Å². The molecule has 0 radical (unpaired) electrons. The van der Waals surface area contributed by atoms with Crippen molar-refractivity contribution in [3.05, 3.63) is 65.2 Å². The fourth-order valence-corrected chi connectivity index (χ4v) is 3.65. The number of amides is 1. The third-order valence-electron chi connectivity index (χ3n) is 5.21. The van der Waals surface area contributed by atoms with Gasteiger partial charge in [0.05, 0.1) is 5.56 Å². The molecule has 1 aliphatic heterocycles. The summed E-state index contributed by atoms with van der Waals surface area (Å²) in [4.78, 5) is 14.4. The maximum absolute atomic E-state index is 12.8. The zero-order valence-corrected chi connectivity index (χ0v) is 15.4. The largest absolute Gasteiger partial charge is 0.416 e. The number of piperidine rings is 1. The van der Waals surface area contributed by atoms with Crippen LogP contribution in [-0.2, 0) is 11.0 Å². The Hall–Kier alpha value is -2.50. The number of halogens is 3. The van der Waals surface area contributed by atoms with Crippen LogP contribution in [0.4, 0.5) is 18.9 Å². The van der Waals surface area contributed by atoms with Crippen molar-refractivity contribution in [2.75, 3.05) is 18.5 Å². The highest BCUT2D eigenvalue weighted by atomic mass is 19.4. The van der Waals surface area contributed by atoms with Crippen LogP contribution in [0.2, 0.25) is 0 Å². The van der Waals surface area contributed by atoms with Crippen molar-refractivity contribution < 1.29 is 18.0 Å². The average Bonchev–Trinajstić information content (AvgIpc) is 2.67. The first-order valence-electron chi connectivity index (χ1n) is 9.01. The second kappa shape index (κ2) is 7.62. The van der Waals surface area contributed by atoms with Crippen LogP contribution in [0, 0.1) is 6.92 Å². The zero-order chi connectivity index (χ0) is 19.6. The number of nitrogens with zero attached hydrogens (tertiary/aromatic N) is 1. The maximum atomic E-state index is 12.8. The third-order valence-corrected chi connectivity index (χ3v) is 5.21. The van der Waals surface area contributed by atoms with Crippen LogP contribution in [0.15, 0.2) is 48.5 Å². The first-order chi connectivity index (χ1) is 12.8. The van der Waals surface area contributed by atoms with Gasteiger partial charge in [-0.15, -0.1) is 0 Å². The van der Waals surface area contributed by atoms with Gasteiger partial charge in [-0.05, 0) is 49.6 Å². The second-order valence-electron chi connectivity index (χ2n) is 7.01. The van der Waals surface area contributed by atoms with Gasteiger partial charge in [-0.1, -0.05) is 29.8 Å². The van der Waals surface area contributed by atoms with Crippen LogP contribution in [0.5, 0.6) is 0 Å². The molecule has 1 amide bonds. The van der Waals surface area contributed by atoms with Crippen molar-refractivity contribution in [1.29, 1.82) is 0 Å². The molecule has 3 rings (SSSR count). The molecule has 0 aliphatic carbocycles. The molecule has 0 spiro atoms. The van der Waals surface area contributed by atoms with E-state index in [9.17, 15) is 18.0 Å². The Morgan fingerprint density at radius 2 is 1.67 bits per heavy atom. The van der Waals surface area contributed by atoms with Gasteiger partial charge in [-0.3, -0.25) is 4.79 Å².